The van der Waals surface area contributed by atoms with Crippen molar-refractivity contribution < 1.29 is 4.79 Å². The lowest BCUT2D eigenvalue weighted by Gasteiger charge is -2.09. The van der Waals surface area contributed by atoms with E-state index in [1.165, 1.54) is 28.2 Å². The van der Waals surface area contributed by atoms with E-state index in [2.05, 4.69) is 20.3 Å². The average Bonchev–Trinajstić information content (AvgIpc) is 3.41. The molecule has 0 fully saturated rings. The largest absolute Gasteiger partial charge is 0.310 e. The van der Waals surface area contributed by atoms with Crippen molar-refractivity contribution in [1.82, 2.24) is 15.0 Å². The summed E-state index contributed by atoms with van der Waals surface area (Å²) in [6.07, 6.45) is 8.81. The predicted octanol–water partition coefficient (Wildman–Crippen LogP) is 5.06. The average molecular weight is 463 g/mol. The SMILES string of the molecule is O=C(CCc1nc2sc3c(c2c(=O)[nH]1)CCCC3)Nc1nc(/C=C/c2ccccc2)cs1. The number of anilines is 1. The maximum Gasteiger partial charge on any atom is 0.259 e. The number of rotatable bonds is 6. The molecule has 0 bridgehead atoms. The number of thiophene rings is 1. The van der Waals surface area contributed by atoms with Gasteiger partial charge in [-0.3, -0.25) is 9.59 Å². The van der Waals surface area contributed by atoms with E-state index < -0.39 is 0 Å². The van der Waals surface area contributed by atoms with Crippen LogP contribution in [0.25, 0.3) is 22.4 Å². The van der Waals surface area contributed by atoms with E-state index in [1.54, 1.807) is 11.3 Å². The molecule has 0 unspecified atom stereocenters. The van der Waals surface area contributed by atoms with Gasteiger partial charge < -0.3 is 10.3 Å². The van der Waals surface area contributed by atoms with Crippen molar-refractivity contribution in [1.29, 1.82) is 0 Å². The number of nitrogens with one attached hydrogen (secondary N) is 2. The van der Waals surface area contributed by atoms with Crippen molar-refractivity contribution in [3.63, 3.8) is 0 Å². The second kappa shape index (κ2) is 9.18. The quantitative estimate of drug-likeness (QED) is 0.419. The van der Waals surface area contributed by atoms with Crippen LogP contribution in [0.15, 0.2) is 40.5 Å². The number of carbonyl (C=O) groups excluding carboxylic acids is 1. The number of aromatic nitrogens is 3. The fourth-order valence-electron chi connectivity index (χ4n) is 3.91. The summed E-state index contributed by atoms with van der Waals surface area (Å²) in [6, 6.07) is 9.99. The Labute approximate surface area is 193 Å². The molecule has 4 aromatic rings. The lowest BCUT2D eigenvalue weighted by atomic mass is 9.97. The summed E-state index contributed by atoms with van der Waals surface area (Å²) in [6.45, 7) is 0. The highest BCUT2D eigenvalue weighted by atomic mass is 32.1. The zero-order valence-electron chi connectivity index (χ0n) is 17.4. The number of aromatic amines is 1. The Morgan fingerprint density at radius 3 is 2.84 bits per heavy atom. The van der Waals surface area contributed by atoms with E-state index in [0.29, 0.717) is 17.4 Å². The van der Waals surface area contributed by atoms with Gasteiger partial charge in [0.2, 0.25) is 5.91 Å². The Morgan fingerprint density at radius 2 is 1.97 bits per heavy atom. The molecule has 162 valence electrons. The molecule has 0 aliphatic heterocycles. The standard InChI is InChI=1S/C24H22N4O2S2/c29-20(28-24-25-16(14-31-24)11-10-15-6-2-1-3-7-15)13-12-19-26-22(30)21-17-8-4-5-9-18(17)32-23(21)27-19/h1-3,6-7,10-11,14H,4-5,8-9,12-13H2,(H,25,28,29)(H,26,27,30)/b11-10+. The molecule has 0 radical (unpaired) electrons. The van der Waals surface area contributed by atoms with Gasteiger partial charge in [-0.15, -0.1) is 22.7 Å². The van der Waals surface area contributed by atoms with Crippen LogP contribution in [0.5, 0.6) is 0 Å². The van der Waals surface area contributed by atoms with E-state index in [1.807, 2.05) is 47.9 Å². The second-order valence-electron chi connectivity index (χ2n) is 7.77. The van der Waals surface area contributed by atoms with Gasteiger partial charge >= 0.3 is 0 Å². The van der Waals surface area contributed by atoms with Crippen LogP contribution in [0, 0.1) is 0 Å². The number of benzene rings is 1. The third-order valence-corrected chi connectivity index (χ3v) is 7.44. The van der Waals surface area contributed by atoms with Crippen molar-refractivity contribution in [3.05, 3.63) is 73.6 Å². The number of hydrogen-bond donors (Lipinski definition) is 2. The van der Waals surface area contributed by atoms with Crippen molar-refractivity contribution >= 4 is 56.1 Å². The number of hydrogen-bond acceptors (Lipinski definition) is 6. The van der Waals surface area contributed by atoms with Crippen LogP contribution in [0.4, 0.5) is 5.13 Å². The van der Waals surface area contributed by atoms with Gasteiger partial charge in [-0.2, -0.15) is 0 Å². The molecule has 5 rings (SSSR count). The van der Waals surface area contributed by atoms with Crippen LogP contribution < -0.4 is 10.9 Å². The smallest absolute Gasteiger partial charge is 0.259 e. The molecular weight excluding hydrogens is 440 g/mol. The first-order valence-corrected chi connectivity index (χ1v) is 12.4. The molecule has 1 amide bonds. The highest BCUT2D eigenvalue weighted by Gasteiger charge is 2.20. The molecular formula is C24H22N4O2S2. The molecule has 0 saturated carbocycles. The molecule has 0 saturated heterocycles. The topological polar surface area (TPSA) is 87.7 Å². The summed E-state index contributed by atoms with van der Waals surface area (Å²) < 4.78 is 0. The highest BCUT2D eigenvalue weighted by Crippen LogP contribution is 2.33. The van der Waals surface area contributed by atoms with Crippen molar-refractivity contribution in [2.24, 2.45) is 0 Å². The first kappa shape index (κ1) is 20.8. The lowest BCUT2D eigenvalue weighted by Crippen LogP contribution is -2.16. The van der Waals surface area contributed by atoms with Crippen LogP contribution in [0.3, 0.4) is 0 Å². The molecule has 1 aliphatic carbocycles. The lowest BCUT2D eigenvalue weighted by molar-refractivity contribution is -0.116. The summed E-state index contributed by atoms with van der Waals surface area (Å²) in [5.41, 5.74) is 2.98. The Balaban J connectivity index is 1.21. The third kappa shape index (κ3) is 4.56. The third-order valence-electron chi connectivity index (χ3n) is 5.48. The van der Waals surface area contributed by atoms with Crippen LogP contribution in [-0.4, -0.2) is 20.9 Å². The first-order valence-electron chi connectivity index (χ1n) is 10.7. The zero-order chi connectivity index (χ0) is 21.9. The van der Waals surface area contributed by atoms with Crippen LogP contribution in [-0.2, 0) is 24.1 Å². The molecule has 0 atom stereocenters. The number of aryl methyl sites for hydroxylation is 3. The van der Waals surface area contributed by atoms with Crippen LogP contribution in [0.1, 0.15) is 46.8 Å². The van der Waals surface area contributed by atoms with E-state index in [9.17, 15) is 9.59 Å². The molecule has 0 spiro atoms. The van der Waals surface area contributed by atoms with Crippen molar-refractivity contribution in [2.75, 3.05) is 5.32 Å². The maximum atomic E-state index is 12.6. The van der Waals surface area contributed by atoms with Gasteiger partial charge in [0.1, 0.15) is 10.7 Å². The minimum absolute atomic E-state index is 0.0837. The Morgan fingerprint density at radius 1 is 1.12 bits per heavy atom. The Bertz CT molecular complexity index is 1350. The highest BCUT2D eigenvalue weighted by molar-refractivity contribution is 7.18. The van der Waals surface area contributed by atoms with Crippen LogP contribution >= 0.6 is 22.7 Å². The molecule has 8 heteroatoms. The van der Waals surface area contributed by atoms with E-state index in [4.69, 9.17) is 0 Å². The van der Waals surface area contributed by atoms with Gasteiger partial charge in [0.15, 0.2) is 5.13 Å². The molecule has 1 aliphatic rings. The number of H-pyrrole nitrogens is 1. The summed E-state index contributed by atoms with van der Waals surface area (Å²) in [5.74, 6) is 0.410. The van der Waals surface area contributed by atoms with Gasteiger partial charge in [0.05, 0.1) is 11.1 Å². The molecule has 3 heterocycles. The van der Waals surface area contributed by atoms with Crippen molar-refractivity contribution in [3.8, 4) is 0 Å². The number of nitrogens with zero attached hydrogens (tertiary/aromatic N) is 2. The fraction of sp³-hybridized carbons (Fsp3) is 0.250. The molecule has 2 N–H and O–H groups in total. The molecule has 3 aromatic heterocycles. The van der Waals surface area contributed by atoms with E-state index >= 15 is 0 Å². The summed E-state index contributed by atoms with van der Waals surface area (Å²) in [4.78, 5) is 39.1. The normalized spacial score (nSPS) is 13.5. The Hall–Kier alpha value is -3.10. The minimum Gasteiger partial charge on any atom is -0.310 e. The van der Waals surface area contributed by atoms with E-state index in [0.717, 1.165) is 40.7 Å². The molecule has 1 aromatic carbocycles. The zero-order valence-corrected chi connectivity index (χ0v) is 19.0. The second-order valence-corrected chi connectivity index (χ2v) is 9.72. The van der Waals surface area contributed by atoms with Crippen molar-refractivity contribution in [2.45, 2.75) is 38.5 Å². The summed E-state index contributed by atoms with van der Waals surface area (Å²) >= 11 is 3.01. The minimum atomic E-state index is -0.147. The number of fused-ring (bicyclic) bond motifs is 3. The van der Waals surface area contributed by atoms with Crippen LogP contribution in [0.2, 0.25) is 0 Å². The van der Waals surface area contributed by atoms with Gasteiger partial charge in [-0.1, -0.05) is 36.4 Å². The summed E-state index contributed by atoms with van der Waals surface area (Å²) in [7, 11) is 0. The predicted molar refractivity (Wildman–Crippen MR) is 131 cm³/mol. The number of amides is 1. The monoisotopic (exact) mass is 462 g/mol. The number of carbonyl (C=O) groups is 1. The van der Waals surface area contributed by atoms with Gasteiger partial charge in [-0.05, 0) is 42.9 Å². The number of thiazole rings is 1. The van der Waals surface area contributed by atoms with Gasteiger partial charge in [0, 0.05) is 23.1 Å². The van der Waals surface area contributed by atoms with Gasteiger partial charge in [0.25, 0.3) is 5.56 Å². The van der Waals surface area contributed by atoms with E-state index in [-0.39, 0.29) is 17.9 Å². The Kier molecular flexibility index (Phi) is 5.96. The molecule has 32 heavy (non-hydrogen) atoms. The summed E-state index contributed by atoms with van der Waals surface area (Å²) in [5, 5.41) is 6.05. The molecule has 6 nitrogen and oxygen atoms in total. The fourth-order valence-corrected chi connectivity index (χ4v) is 5.88. The van der Waals surface area contributed by atoms with Gasteiger partial charge in [-0.25, -0.2) is 9.97 Å². The first-order chi connectivity index (χ1) is 15.7. The maximum absolute atomic E-state index is 12.6.